The number of benzene rings is 2. The highest BCUT2D eigenvalue weighted by molar-refractivity contribution is 7.99. The molecule has 4 rings (SSSR count). The van der Waals surface area contributed by atoms with Crippen molar-refractivity contribution in [3.05, 3.63) is 82.3 Å². The van der Waals surface area contributed by atoms with Gasteiger partial charge < -0.3 is 5.32 Å². The first kappa shape index (κ1) is 23.5. The van der Waals surface area contributed by atoms with Crippen LogP contribution in [0.4, 0.5) is 0 Å². The average Bonchev–Trinajstić information content (AvgIpc) is 3.38. The van der Waals surface area contributed by atoms with Gasteiger partial charge in [-0.05, 0) is 41.0 Å². The Morgan fingerprint density at radius 3 is 2.35 bits per heavy atom. The number of nitrogens with zero attached hydrogens (tertiary/aromatic N) is 6. The summed E-state index contributed by atoms with van der Waals surface area (Å²) >= 11 is 1.19. The monoisotopic (exact) mass is 477 g/mol. The minimum atomic E-state index is -0.242. The molecule has 10 heteroatoms. The van der Waals surface area contributed by atoms with Gasteiger partial charge in [0.1, 0.15) is 0 Å². The van der Waals surface area contributed by atoms with Crippen LogP contribution in [-0.4, -0.2) is 41.2 Å². The third-order valence-corrected chi connectivity index (χ3v) is 6.57. The van der Waals surface area contributed by atoms with Crippen molar-refractivity contribution < 1.29 is 4.79 Å². The van der Waals surface area contributed by atoms with Crippen LogP contribution in [0.15, 0.2) is 70.6 Å². The van der Waals surface area contributed by atoms with Gasteiger partial charge in [-0.3, -0.25) is 14.3 Å². The molecule has 0 aliphatic rings. The van der Waals surface area contributed by atoms with E-state index < -0.39 is 0 Å². The highest BCUT2D eigenvalue weighted by atomic mass is 32.2. The summed E-state index contributed by atoms with van der Waals surface area (Å²) in [4.78, 5) is 26.1. The standard InChI is InChI=1S/C24H27N7O2S/c1-16(2)21(18-11-7-5-8-12-18)25-20(32)15-34-24-26-27-28-30(24)22-17(3)29(4)31(23(22)33)19-13-9-6-10-14-19/h5-14,16,21H,15H2,1-4H3,(H,25,32). The quantitative estimate of drug-likeness (QED) is 0.392. The summed E-state index contributed by atoms with van der Waals surface area (Å²) in [6, 6.07) is 19.2. The van der Waals surface area contributed by atoms with Gasteiger partial charge in [0.05, 0.1) is 23.2 Å². The van der Waals surface area contributed by atoms with Gasteiger partial charge >= 0.3 is 0 Å². The second kappa shape index (κ2) is 10.1. The first-order valence-corrected chi connectivity index (χ1v) is 12.0. The molecular weight excluding hydrogens is 450 g/mol. The van der Waals surface area contributed by atoms with Crippen LogP contribution in [-0.2, 0) is 11.8 Å². The summed E-state index contributed by atoms with van der Waals surface area (Å²) in [5.41, 5.74) is 2.61. The molecule has 0 aliphatic heterocycles. The Morgan fingerprint density at radius 2 is 1.71 bits per heavy atom. The predicted molar refractivity (Wildman–Crippen MR) is 131 cm³/mol. The third-order valence-electron chi connectivity index (χ3n) is 5.65. The lowest BCUT2D eigenvalue weighted by molar-refractivity contribution is -0.119. The van der Waals surface area contributed by atoms with Crippen LogP contribution in [0.3, 0.4) is 0 Å². The van der Waals surface area contributed by atoms with Gasteiger partial charge in [0.2, 0.25) is 11.1 Å². The summed E-state index contributed by atoms with van der Waals surface area (Å²) in [7, 11) is 1.81. The average molecular weight is 478 g/mol. The first-order valence-electron chi connectivity index (χ1n) is 11.0. The fourth-order valence-electron chi connectivity index (χ4n) is 3.85. The molecule has 0 saturated heterocycles. The molecular formula is C24H27N7O2S. The van der Waals surface area contributed by atoms with E-state index in [2.05, 4.69) is 34.7 Å². The predicted octanol–water partition coefficient (Wildman–Crippen LogP) is 3.07. The topological polar surface area (TPSA) is 99.6 Å². The SMILES string of the molecule is Cc1c(-n2nnnc2SCC(=O)NC(c2ccccc2)C(C)C)c(=O)n(-c2ccccc2)n1C. The molecule has 9 nitrogen and oxygen atoms in total. The number of tetrazole rings is 1. The summed E-state index contributed by atoms with van der Waals surface area (Å²) in [5, 5.41) is 15.3. The van der Waals surface area contributed by atoms with E-state index in [9.17, 15) is 9.59 Å². The summed E-state index contributed by atoms with van der Waals surface area (Å²) < 4.78 is 4.75. The highest BCUT2D eigenvalue weighted by Gasteiger charge is 2.23. The largest absolute Gasteiger partial charge is 0.348 e. The van der Waals surface area contributed by atoms with Crippen molar-refractivity contribution in [3.8, 4) is 11.4 Å². The number of hydrogen-bond donors (Lipinski definition) is 1. The Kier molecular flexibility index (Phi) is 6.97. The van der Waals surface area contributed by atoms with Crippen LogP contribution >= 0.6 is 11.8 Å². The van der Waals surface area contributed by atoms with Gasteiger partial charge in [0.15, 0.2) is 5.69 Å². The molecule has 0 bridgehead atoms. The van der Waals surface area contributed by atoms with Crippen LogP contribution in [0, 0.1) is 12.8 Å². The molecule has 2 heterocycles. The van der Waals surface area contributed by atoms with E-state index in [1.807, 2.05) is 74.6 Å². The van der Waals surface area contributed by atoms with Crippen molar-refractivity contribution in [2.75, 3.05) is 5.75 Å². The van der Waals surface area contributed by atoms with Crippen molar-refractivity contribution >= 4 is 17.7 Å². The normalized spacial score (nSPS) is 12.1. The number of thioether (sulfide) groups is 1. The smallest absolute Gasteiger partial charge is 0.297 e. The first-order chi connectivity index (χ1) is 16.4. The molecule has 1 unspecified atom stereocenters. The van der Waals surface area contributed by atoms with Crippen LogP contribution < -0.4 is 10.9 Å². The maximum atomic E-state index is 13.3. The Hall–Kier alpha value is -3.66. The maximum absolute atomic E-state index is 13.3. The minimum absolute atomic E-state index is 0.0975. The van der Waals surface area contributed by atoms with Gasteiger partial charge in [-0.1, -0.05) is 74.1 Å². The van der Waals surface area contributed by atoms with Crippen LogP contribution in [0.1, 0.15) is 31.1 Å². The molecule has 1 amide bonds. The molecule has 4 aromatic rings. The van der Waals surface area contributed by atoms with E-state index in [0.717, 1.165) is 11.3 Å². The minimum Gasteiger partial charge on any atom is -0.348 e. The fraction of sp³-hybridized carbons (Fsp3) is 0.292. The zero-order valence-corrected chi connectivity index (χ0v) is 20.4. The zero-order valence-electron chi connectivity index (χ0n) is 19.5. The van der Waals surface area contributed by atoms with Gasteiger partial charge in [-0.15, -0.1) is 5.10 Å². The molecule has 0 radical (unpaired) electrons. The van der Waals surface area contributed by atoms with Crippen molar-refractivity contribution in [1.82, 2.24) is 34.9 Å². The molecule has 2 aromatic heterocycles. The van der Waals surface area contributed by atoms with Crippen molar-refractivity contribution in [2.45, 2.75) is 32.0 Å². The van der Waals surface area contributed by atoms with E-state index in [-0.39, 0.29) is 29.2 Å². The number of hydrogen-bond acceptors (Lipinski definition) is 6. The lowest BCUT2D eigenvalue weighted by Gasteiger charge is -2.22. The molecule has 0 fully saturated rings. The Morgan fingerprint density at radius 1 is 1.06 bits per heavy atom. The number of aromatic nitrogens is 6. The molecule has 0 saturated carbocycles. The van der Waals surface area contributed by atoms with Crippen LogP contribution in [0.25, 0.3) is 11.4 Å². The lowest BCUT2D eigenvalue weighted by Crippen LogP contribution is -2.33. The molecule has 1 atom stereocenters. The summed E-state index contributed by atoms with van der Waals surface area (Å²) in [6.45, 7) is 5.98. The van der Waals surface area contributed by atoms with Gasteiger partial charge in [-0.25, -0.2) is 4.68 Å². The number of carbonyl (C=O) groups is 1. The van der Waals surface area contributed by atoms with Crippen LogP contribution in [0.2, 0.25) is 0 Å². The highest BCUT2D eigenvalue weighted by Crippen LogP contribution is 2.23. The second-order valence-corrected chi connectivity index (χ2v) is 9.21. The van der Waals surface area contributed by atoms with Gasteiger partial charge in [-0.2, -0.15) is 4.68 Å². The molecule has 0 aliphatic carbocycles. The fourth-order valence-corrected chi connectivity index (χ4v) is 4.54. The number of para-hydroxylation sites is 1. The number of nitrogens with one attached hydrogen (secondary N) is 1. The Labute approximate surface area is 201 Å². The summed E-state index contributed by atoms with van der Waals surface area (Å²) in [5.74, 6) is 0.216. The van der Waals surface area contributed by atoms with Gasteiger partial charge in [0.25, 0.3) is 5.56 Å². The molecule has 176 valence electrons. The van der Waals surface area contributed by atoms with E-state index in [4.69, 9.17) is 0 Å². The Balaban J connectivity index is 1.54. The maximum Gasteiger partial charge on any atom is 0.297 e. The van der Waals surface area contributed by atoms with E-state index in [1.165, 1.54) is 16.4 Å². The molecule has 2 aromatic carbocycles. The van der Waals surface area contributed by atoms with Crippen molar-refractivity contribution in [1.29, 1.82) is 0 Å². The third kappa shape index (κ3) is 4.67. The zero-order chi connectivity index (χ0) is 24.2. The number of carbonyl (C=O) groups excluding carboxylic acids is 1. The summed E-state index contributed by atoms with van der Waals surface area (Å²) in [6.07, 6.45) is 0. The molecule has 1 N–H and O–H groups in total. The second-order valence-electron chi connectivity index (χ2n) is 8.27. The Bertz CT molecular complexity index is 1330. The number of amides is 1. The van der Waals surface area contributed by atoms with Crippen LogP contribution in [0.5, 0.6) is 0 Å². The molecule has 0 spiro atoms. The molecule has 34 heavy (non-hydrogen) atoms. The van der Waals surface area contributed by atoms with E-state index >= 15 is 0 Å². The van der Waals surface area contributed by atoms with Crippen molar-refractivity contribution in [2.24, 2.45) is 13.0 Å². The van der Waals surface area contributed by atoms with Crippen molar-refractivity contribution in [3.63, 3.8) is 0 Å². The van der Waals surface area contributed by atoms with E-state index in [1.54, 1.807) is 9.36 Å². The lowest BCUT2D eigenvalue weighted by atomic mass is 9.96. The number of rotatable bonds is 8. The van der Waals surface area contributed by atoms with E-state index in [0.29, 0.717) is 16.5 Å². The van der Waals surface area contributed by atoms with Gasteiger partial charge in [0, 0.05) is 7.05 Å².